The fourth-order valence-electron chi connectivity index (χ4n) is 1.64. The topological polar surface area (TPSA) is 135 Å². The molecule has 1 aromatic rings. The second-order valence-electron chi connectivity index (χ2n) is 4.99. The summed E-state index contributed by atoms with van der Waals surface area (Å²) in [4.78, 5) is 15.6. The Morgan fingerprint density at radius 1 is 1.57 bits per heavy atom. The standard InChI is InChI=1S/C13H22N4O5S/c1-9(18)7-16-13(19)12-11(14)6-10(8-15-12)23(20,21)17(2)4-5-22-3/h6,8-9,18H,4-5,7,14H2,1-3H3,(H,16,19)/t9-/m0/s1. The maximum atomic E-state index is 12.3. The zero-order valence-electron chi connectivity index (χ0n) is 13.3. The van der Waals surface area contributed by atoms with Crippen LogP contribution in [0, 0.1) is 0 Å². The zero-order valence-corrected chi connectivity index (χ0v) is 14.1. The summed E-state index contributed by atoms with van der Waals surface area (Å²) in [6.45, 7) is 1.98. The van der Waals surface area contributed by atoms with Crippen molar-refractivity contribution < 1.29 is 23.1 Å². The van der Waals surface area contributed by atoms with Gasteiger partial charge in [-0.3, -0.25) is 4.79 Å². The minimum Gasteiger partial charge on any atom is -0.397 e. The van der Waals surface area contributed by atoms with Gasteiger partial charge in [-0.05, 0) is 13.0 Å². The highest BCUT2D eigenvalue weighted by molar-refractivity contribution is 7.89. The molecule has 1 amide bonds. The van der Waals surface area contributed by atoms with Crippen LogP contribution in [0.4, 0.5) is 5.69 Å². The van der Waals surface area contributed by atoms with Crippen LogP contribution in [0.2, 0.25) is 0 Å². The summed E-state index contributed by atoms with van der Waals surface area (Å²) < 4.78 is 30.6. The van der Waals surface area contributed by atoms with Gasteiger partial charge in [0.25, 0.3) is 5.91 Å². The van der Waals surface area contributed by atoms with Crippen molar-refractivity contribution >= 4 is 21.6 Å². The fourth-order valence-corrected chi connectivity index (χ4v) is 2.77. The lowest BCUT2D eigenvalue weighted by Crippen LogP contribution is -2.32. The second kappa shape index (κ2) is 8.20. The highest BCUT2D eigenvalue weighted by Crippen LogP contribution is 2.18. The minimum absolute atomic E-state index is 0.0414. The van der Waals surface area contributed by atoms with E-state index in [9.17, 15) is 13.2 Å². The molecular formula is C13H22N4O5S. The van der Waals surface area contributed by atoms with Crippen LogP contribution in [-0.4, -0.2) is 68.7 Å². The number of aliphatic hydroxyl groups is 1. The monoisotopic (exact) mass is 346 g/mol. The number of rotatable bonds is 8. The molecule has 1 heterocycles. The molecular weight excluding hydrogens is 324 g/mol. The van der Waals surface area contributed by atoms with E-state index < -0.39 is 22.0 Å². The Bertz CT molecular complexity index is 648. The average molecular weight is 346 g/mol. The molecule has 9 nitrogen and oxygen atoms in total. The van der Waals surface area contributed by atoms with Gasteiger partial charge in [-0.2, -0.15) is 4.31 Å². The van der Waals surface area contributed by atoms with E-state index in [1.807, 2.05) is 0 Å². The van der Waals surface area contributed by atoms with Crippen LogP contribution in [0.5, 0.6) is 0 Å². The molecule has 130 valence electrons. The van der Waals surface area contributed by atoms with Crippen molar-refractivity contribution in [2.24, 2.45) is 0 Å². The molecule has 0 aliphatic rings. The SMILES string of the molecule is COCCN(C)S(=O)(=O)c1cnc(C(=O)NC[C@H](C)O)c(N)c1. The van der Waals surface area contributed by atoms with Crippen LogP contribution < -0.4 is 11.1 Å². The molecule has 0 aromatic carbocycles. The van der Waals surface area contributed by atoms with E-state index in [-0.39, 0.29) is 36.0 Å². The number of ether oxygens (including phenoxy) is 1. The number of nitrogens with one attached hydrogen (secondary N) is 1. The van der Waals surface area contributed by atoms with Crippen LogP contribution in [-0.2, 0) is 14.8 Å². The first-order chi connectivity index (χ1) is 10.7. The summed E-state index contributed by atoms with van der Waals surface area (Å²) in [6, 6.07) is 1.18. The number of likely N-dealkylation sites (N-methyl/N-ethyl adjacent to an activating group) is 1. The quantitative estimate of drug-likeness (QED) is 0.552. The molecule has 4 N–H and O–H groups in total. The van der Waals surface area contributed by atoms with Crippen LogP contribution in [0.15, 0.2) is 17.2 Å². The van der Waals surface area contributed by atoms with Gasteiger partial charge in [0.05, 0.1) is 18.4 Å². The van der Waals surface area contributed by atoms with E-state index in [2.05, 4.69) is 10.3 Å². The van der Waals surface area contributed by atoms with Crippen molar-refractivity contribution in [3.8, 4) is 0 Å². The van der Waals surface area contributed by atoms with Crippen molar-refractivity contribution in [1.82, 2.24) is 14.6 Å². The van der Waals surface area contributed by atoms with Crippen molar-refractivity contribution in [2.45, 2.75) is 17.9 Å². The van der Waals surface area contributed by atoms with E-state index in [0.29, 0.717) is 0 Å². The lowest BCUT2D eigenvalue weighted by molar-refractivity contribution is 0.0920. The van der Waals surface area contributed by atoms with Gasteiger partial charge in [0.1, 0.15) is 4.90 Å². The maximum Gasteiger partial charge on any atom is 0.272 e. The molecule has 0 spiro atoms. The first-order valence-electron chi connectivity index (χ1n) is 6.87. The molecule has 0 bridgehead atoms. The number of nitrogens with zero attached hydrogens (tertiary/aromatic N) is 2. The molecule has 1 aromatic heterocycles. The van der Waals surface area contributed by atoms with E-state index in [1.165, 1.54) is 27.1 Å². The van der Waals surface area contributed by atoms with Gasteiger partial charge in [0.2, 0.25) is 10.0 Å². The van der Waals surface area contributed by atoms with Crippen LogP contribution in [0.3, 0.4) is 0 Å². The highest BCUT2D eigenvalue weighted by Gasteiger charge is 2.23. The Labute approximate surface area is 135 Å². The number of aromatic nitrogens is 1. The summed E-state index contributed by atoms with van der Waals surface area (Å²) >= 11 is 0. The number of carbonyl (C=O) groups excluding carboxylic acids is 1. The van der Waals surface area contributed by atoms with E-state index in [1.54, 1.807) is 0 Å². The zero-order chi connectivity index (χ0) is 17.6. The molecule has 0 fully saturated rings. The number of pyridine rings is 1. The van der Waals surface area contributed by atoms with Gasteiger partial charge < -0.3 is 20.9 Å². The Hall–Kier alpha value is -1.75. The molecule has 0 unspecified atom stereocenters. The van der Waals surface area contributed by atoms with Crippen LogP contribution in [0.25, 0.3) is 0 Å². The summed E-state index contributed by atoms with van der Waals surface area (Å²) in [5.74, 6) is -0.583. The highest BCUT2D eigenvalue weighted by atomic mass is 32.2. The Morgan fingerprint density at radius 2 is 2.22 bits per heavy atom. The number of nitrogens with two attached hydrogens (primary N) is 1. The summed E-state index contributed by atoms with van der Waals surface area (Å²) in [5.41, 5.74) is 5.58. The van der Waals surface area contributed by atoms with Crippen molar-refractivity contribution in [3.05, 3.63) is 18.0 Å². The Kier molecular flexibility index (Phi) is 6.88. The predicted molar refractivity (Wildman–Crippen MR) is 84.4 cm³/mol. The number of amides is 1. The number of anilines is 1. The van der Waals surface area contributed by atoms with Crippen LogP contribution in [0.1, 0.15) is 17.4 Å². The largest absolute Gasteiger partial charge is 0.397 e. The van der Waals surface area contributed by atoms with Gasteiger partial charge in [0, 0.05) is 33.4 Å². The third-order valence-corrected chi connectivity index (χ3v) is 4.81. The van der Waals surface area contributed by atoms with Gasteiger partial charge in [-0.1, -0.05) is 0 Å². The third kappa shape index (κ3) is 5.13. The average Bonchev–Trinajstić information content (AvgIpc) is 2.49. The molecule has 23 heavy (non-hydrogen) atoms. The molecule has 1 atom stereocenters. The van der Waals surface area contributed by atoms with Gasteiger partial charge >= 0.3 is 0 Å². The normalized spacial score (nSPS) is 13.1. The molecule has 0 saturated carbocycles. The molecule has 10 heteroatoms. The first kappa shape index (κ1) is 19.3. The number of nitrogen functional groups attached to an aromatic ring is 1. The summed E-state index contributed by atoms with van der Waals surface area (Å²) in [6.07, 6.45) is 0.362. The lowest BCUT2D eigenvalue weighted by Gasteiger charge is -2.17. The number of aliphatic hydroxyl groups excluding tert-OH is 1. The Balaban J connectivity index is 2.97. The van der Waals surface area contributed by atoms with E-state index >= 15 is 0 Å². The summed E-state index contributed by atoms with van der Waals surface area (Å²) in [5, 5.41) is 11.6. The predicted octanol–water partition coefficient (Wildman–Crippen LogP) is -0.959. The van der Waals surface area contributed by atoms with Gasteiger partial charge in [0.15, 0.2) is 5.69 Å². The summed E-state index contributed by atoms with van der Waals surface area (Å²) in [7, 11) is -0.879. The van der Waals surface area contributed by atoms with E-state index in [0.717, 1.165) is 10.5 Å². The van der Waals surface area contributed by atoms with E-state index in [4.69, 9.17) is 15.6 Å². The first-order valence-corrected chi connectivity index (χ1v) is 8.31. The van der Waals surface area contributed by atoms with Crippen molar-refractivity contribution in [3.63, 3.8) is 0 Å². The van der Waals surface area contributed by atoms with Crippen LogP contribution >= 0.6 is 0 Å². The smallest absolute Gasteiger partial charge is 0.272 e. The maximum absolute atomic E-state index is 12.3. The second-order valence-corrected chi connectivity index (χ2v) is 7.03. The van der Waals surface area contributed by atoms with Crippen molar-refractivity contribution in [1.29, 1.82) is 0 Å². The number of hydrogen-bond acceptors (Lipinski definition) is 7. The van der Waals surface area contributed by atoms with Gasteiger partial charge in [-0.25, -0.2) is 13.4 Å². The molecule has 1 rings (SSSR count). The molecule has 0 aliphatic heterocycles. The lowest BCUT2D eigenvalue weighted by atomic mass is 10.3. The fraction of sp³-hybridized carbons (Fsp3) is 0.538. The number of hydrogen-bond donors (Lipinski definition) is 3. The number of carbonyl (C=O) groups is 1. The minimum atomic E-state index is -3.76. The molecule has 0 saturated heterocycles. The van der Waals surface area contributed by atoms with Crippen molar-refractivity contribution in [2.75, 3.05) is 39.6 Å². The number of methoxy groups -OCH3 is 1. The Morgan fingerprint density at radius 3 is 2.74 bits per heavy atom. The molecule has 0 radical (unpaired) electrons. The number of sulfonamides is 1. The third-order valence-electron chi connectivity index (χ3n) is 2.98. The van der Waals surface area contributed by atoms with Gasteiger partial charge in [-0.15, -0.1) is 0 Å². The molecule has 0 aliphatic carbocycles.